The number of rotatable bonds is 7. The summed E-state index contributed by atoms with van der Waals surface area (Å²) in [6.07, 6.45) is 2.74. The Morgan fingerprint density at radius 1 is 1.26 bits per heavy atom. The van der Waals surface area contributed by atoms with Crippen molar-refractivity contribution < 1.29 is 27.4 Å². The van der Waals surface area contributed by atoms with Crippen LogP contribution in [0.3, 0.4) is 0 Å². The third kappa shape index (κ3) is 5.27. The molecule has 0 spiro atoms. The zero-order valence-electron chi connectivity index (χ0n) is 17.9. The van der Waals surface area contributed by atoms with Crippen LogP contribution in [0.15, 0.2) is 24.4 Å². The van der Waals surface area contributed by atoms with Gasteiger partial charge < -0.3 is 23.8 Å². The molecule has 0 aliphatic carbocycles. The normalized spacial score (nSPS) is 19.1. The fourth-order valence-electron chi connectivity index (χ4n) is 3.75. The predicted octanol–water partition coefficient (Wildman–Crippen LogP) is 1.87. The van der Waals surface area contributed by atoms with E-state index in [1.54, 1.807) is 12.3 Å². The first kappa shape index (κ1) is 21.8. The van der Waals surface area contributed by atoms with Crippen LogP contribution in [-0.2, 0) is 32.7 Å². The van der Waals surface area contributed by atoms with Gasteiger partial charge in [-0.1, -0.05) is 0 Å². The molecule has 0 amide bonds. The SMILES string of the molecule is COc1ncc(-c2cc3c(c(OC[C@H]4CN(C)CCO4)c2)COC3)cc1NS(C)(=O)=O. The Morgan fingerprint density at radius 2 is 2.10 bits per heavy atom. The maximum atomic E-state index is 11.7. The van der Waals surface area contributed by atoms with Gasteiger partial charge in [0, 0.05) is 30.4 Å². The average Bonchev–Trinajstić information content (AvgIpc) is 3.19. The summed E-state index contributed by atoms with van der Waals surface area (Å²) in [5, 5.41) is 0. The van der Waals surface area contributed by atoms with E-state index in [1.165, 1.54) is 7.11 Å². The van der Waals surface area contributed by atoms with Gasteiger partial charge in [-0.3, -0.25) is 4.72 Å². The Balaban J connectivity index is 1.63. The number of pyridine rings is 1. The van der Waals surface area contributed by atoms with E-state index in [9.17, 15) is 8.42 Å². The number of likely N-dealkylation sites (N-methyl/N-ethyl adjacent to an activating group) is 1. The second-order valence-corrected chi connectivity index (χ2v) is 9.57. The molecule has 1 N–H and O–H groups in total. The Kier molecular flexibility index (Phi) is 6.33. The van der Waals surface area contributed by atoms with Crippen molar-refractivity contribution in [1.82, 2.24) is 9.88 Å². The van der Waals surface area contributed by atoms with E-state index in [1.807, 2.05) is 12.1 Å². The van der Waals surface area contributed by atoms with Gasteiger partial charge in [-0.25, -0.2) is 13.4 Å². The summed E-state index contributed by atoms with van der Waals surface area (Å²) in [7, 11) is 0.0287. The molecule has 2 aliphatic heterocycles. The van der Waals surface area contributed by atoms with Gasteiger partial charge in [-0.15, -0.1) is 0 Å². The lowest BCUT2D eigenvalue weighted by atomic mass is 10.0. The Bertz CT molecular complexity index is 1060. The summed E-state index contributed by atoms with van der Waals surface area (Å²) >= 11 is 0. The Morgan fingerprint density at radius 3 is 2.84 bits per heavy atom. The van der Waals surface area contributed by atoms with E-state index in [4.69, 9.17) is 18.9 Å². The molecule has 0 unspecified atom stereocenters. The molecule has 10 heteroatoms. The standard InChI is InChI=1S/C21H27N3O6S/c1-24-4-5-29-17(10-24)12-30-20-8-14(6-16-11-28-13-18(16)20)15-7-19(23-31(3,25)26)21(27-2)22-9-15/h6-9,17,23H,4-5,10-13H2,1-3H3/t17-/m1/s1. The molecule has 0 bridgehead atoms. The molecular formula is C21H27N3O6S. The van der Waals surface area contributed by atoms with E-state index in [0.717, 1.165) is 47.3 Å². The summed E-state index contributed by atoms with van der Waals surface area (Å²) in [6.45, 7) is 3.88. The van der Waals surface area contributed by atoms with Crippen molar-refractivity contribution in [3.8, 4) is 22.8 Å². The zero-order valence-corrected chi connectivity index (χ0v) is 18.7. The lowest BCUT2D eigenvalue weighted by Crippen LogP contribution is -2.42. The highest BCUT2D eigenvalue weighted by atomic mass is 32.2. The fraction of sp³-hybridized carbons (Fsp3) is 0.476. The number of sulfonamides is 1. The van der Waals surface area contributed by atoms with Crippen LogP contribution in [0.25, 0.3) is 11.1 Å². The highest BCUT2D eigenvalue weighted by molar-refractivity contribution is 7.92. The van der Waals surface area contributed by atoms with Gasteiger partial charge in [-0.2, -0.15) is 0 Å². The van der Waals surface area contributed by atoms with Gasteiger partial charge in [0.1, 0.15) is 24.1 Å². The molecule has 1 saturated heterocycles. The average molecular weight is 450 g/mol. The number of methoxy groups -OCH3 is 1. The van der Waals surface area contributed by atoms with Crippen LogP contribution in [-0.4, -0.2) is 71.1 Å². The highest BCUT2D eigenvalue weighted by Gasteiger charge is 2.23. The minimum absolute atomic E-state index is 0.00796. The number of anilines is 1. The molecule has 0 saturated carbocycles. The van der Waals surface area contributed by atoms with Gasteiger partial charge in [0.05, 0.1) is 33.2 Å². The van der Waals surface area contributed by atoms with E-state index in [-0.39, 0.29) is 17.7 Å². The first-order valence-electron chi connectivity index (χ1n) is 10.0. The van der Waals surface area contributed by atoms with Gasteiger partial charge in [-0.05, 0) is 36.4 Å². The van der Waals surface area contributed by atoms with Gasteiger partial charge in [0.2, 0.25) is 15.9 Å². The highest BCUT2D eigenvalue weighted by Crippen LogP contribution is 2.37. The molecule has 2 aromatic rings. The molecule has 2 aliphatic rings. The molecule has 3 heterocycles. The molecule has 4 rings (SSSR count). The van der Waals surface area contributed by atoms with Crippen LogP contribution in [0.4, 0.5) is 5.69 Å². The van der Waals surface area contributed by atoms with Crippen molar-refractivity contribution in [3.63, 3.8) is 0 Å². The van der Waals surface area contributed by atoms with Crippen LogP contribution in [0.5, 0.6) is 11.6 Å². The van der Waals surface area contributed by atoms with Crippen molar-refractivity contribution in [1.29, 1.82) is 0 Å². The largest absolute Gasteiger partial charge is 0.490 e. The smallest absolute Gasteiger partial charge is 0.238 e. The van der Waals surface area contributed by atoms with Crippen LogP contribution < -0.4 is 14.2 Å². The first-order chi connectivity index (χ1) is 14.8. The maximum Gasteiger partial charge on any atom is 0.238 e. The minimum atomic E-state index is -3.48. The molecule has 1 fully saturated rings. The fourth-order valence-corrected chi connectivity index (χ4v) is 4.30. The van der Waals surface area contributed by atoms with Crippen LogP contribution >= 0.6 is 0 Å². The summed E-state index contributed by atoms with van der Waals surface area (Å²) in [5.41, 5.74) is 3.94. The molecule has 1 atom stereocenters. The minimum Gasteiger partial charge on any atom is -0.490 e. The second-order valence-electron chi connectivity index (χ2n) is 7.83. The zero-order chi connectivity index (χ0) is 22.0. The van der Waals surface area contributed by atoms with Crippen LogP contribution in [0.2, 0.25) is 0 Å². The lowest BCUT2D eigenvalue weighted by Gasteiger charge is -2.30. The van der Waals surface area contributed by atoms with Crippen molar-refractivity contribution >= 4 is 15.7 Å². The third-order valence-electron chi connectivity index (χ3n) is 5.25. The van der Waals surface area contributed by atoms with Crippen molar-refractivity contribution in [2.45, 2.75) is 19.3 Å². The first-order valence-corrected chi connectivity index (χ1v) is 11.9. The van der Waals surface area contributed by atoms with Gasteiger partial charge >= 0.3 is 0 Å². The van der Waals surface area contributed by atoms with Crippen LogP contribution in [0, 0.1) is 0 Å². The topological polar surface area (TPSA) is 99.2 Å². The summed E-state index contributed by atoms with van der Waals surface area (Å²) in [4.78, 5) is 6.48. The Labute approximate surface area is 182 Å². The molecule has 1 aromatic carbocycles. The van der Waals surface area contributed by atoms with Crippen molar-refractivity contribution in [3.05, 3.63) is 35.5 Å². The molecule has 1 aromatic heterocycles. The van der Waals surface area contributed by atoms with Crippen molar-refractivity contribution in [2.24, 2.45) is 0 Å². The van der Waals surface area contributed by atoms with Crippen LogP contribution in [0.1, 0.15) is 11.1 Å². The number of hydrogen-bond donors (Lipinski definition) is 1. The number of nitrogens with zero attached hydrogens (tertiary/aromatic N) is 2. The second kappa shape index (κ2) is 8.99. The Hall–Kier alpha value is -2.40. The number of ether oxygens (including phenoxy) is 4. The molecule has 0 radical (unpaired) electrons. The summed E-state index contributed by atoms with van der Waals surface area (Å²) < 4.78 is 48.7. The number of fused-ring (bicyclic) bond motifs is 1. The van der Waals surface area contributed by atoms with E-state index in [2.05, 4.69) is 21.7 Å². The molecular weight excluding hydrogens is 422 g/mol. The number of benzene rings is 1. The maximum absolute atomic E-state index is 11.7. The molecule has 168 valence electrons. The van der Waals surface area contributed by atoms with Gasteiger partial charge in [0.15, 0.2) is 0 Å². The lowest BCUT2D eigenvalue weighted by molar-refractivity contribution is -0.0405. The third-order valence-corrected chi connectivity index (χ3v) is 5.84. The van der Waals surface area contributed by atoms with E-state index < -0.39 is 10.0 Å². The monoisotopic (exact) mass is 449 g/mol. The van der Waals surface area contributed by atoms with E-state index in [0.29, 0.717) is 26.4 Å². The van der Waals surface area contributed by atoms with Crippen molar-refractivity contribution in [2.75, 3.05) is 51.4 Å². The molecule has 31 heavy (non-hydrogen) atoms. The number of aromatic nitrogens is 1. The van der Waals surface area contributed by atoms with E-state index >= 15 is 0 Å². The number of morpholine rings is 1. The predicted molar refractivity (Wildman–Crippen MR) is 116 cm³/mol. The summed E-state index contributed by atoms with van der Waals surface area (Å²) in [5.74, 6) is 0.948. The van der Waals surface area contributed by atoms with Gasteiger partial charge in [0.25, 0.3) is 0 Å². The number of hydrogen-bond acceptors (Lipinski definition) is 8. The quantitative estimate of drug-likeness (QED) is 0.684. The molecule has 9 nitrogen and oxygen atoms in total. The number of nitrogens with one attached hydrogen (secondary N) is 1. The summed E-state index contributed by atoms with van der Waals surface area (Å²) in [6, 6.07) is 5.66.